The van der Waals surface area contributed by atoms with Crippen LogP contribution in [-0.4, -0.2) is 0 Å². The van der Waals surface area contributed by atoms with Crippen LogP contribution in [0.2, 0.25) is 0 Å². The third-order valence-electron chi connectivity index (χ3n) is 3.40. The Morgan fingerprint density at radius 1 is 1.11 bits per heavy atom. The van der Waals surface area contributed by atoms with E-state index in [0.29, 0.717) is 0 Å². The Kier molecular flexibility index (Phi) is 4.20. The molecule has 1 nitrogen and oxygen atoms in total. The molecule has 1 aromatic heterocycles. The van der Waals surface area contributed by atoms with E-state index in [0.717, 1.165) is 12.8 Å². The first-order chi connectivity index (χ1) is 8.65. The number of hydrogen-bond donors (Lipinski definition) is 1. The smallest absolute Gasteiger partial charge is 0.0648 e. The van der Waals surface area contributed by atoms with Gasteiger partial charge >= 0.3 is 0 Å². The van der Waals surface area contributed by atoms with Gasteiger partial charge in [-0.25, -0.2) is 0 Å². The zero-order valence-electron chi connectivity index (χ0n) is 11.4. The number of hydrogen-bond acceptors (Lipinski definition) is 2. The van der Waals surface area contributed by atoms with Crippen molar-refractivity contribution in [1.82, 2.24) is 0 Å². The summed E-state index contributed by atoms with van der Waals surface area (Å²) in [6.45, 7) is 6.51. The standard InChI is InChI=1S/C16H21NS/c1-4-12-7-8-13(5-2)14(10-12)16(17)15-9-6-11(3)18-15/h6-10,16H,4-5,17H2,1-3H3. The van der Waals surface area contributed by atoms with Gasteiger partial charge in [-0.3, -0.25) is 0 Å². The fraction of sp³-hybridized carbons (Fsp3) is 0.375. The average molecular weight is 259 g/mol. The first-order valence-electron chi connectivity index (χ1n) is 6.59. The van der Waals surface area contributed by atoms with E-state index in [4.69, 9.17) is 5.73 Å². The van der Waals surface area contributed by atoms with E-state index < -0.39 is 0 Å². The van der Waals surface area contributed by atoms with E-state index in [2.05, 4.69) is 51.1 Å². The molecule has 0 radical (unpaired) electrons. The molecule has 96 valence electrons. The Bertz CT molecular complexity index is 528. The number of thiophene rings is 1. The highest BCUT2D eigenvalue weighted by molar-refractivity contribution is 7.12. The lowest BCUT2D eigenvalue weighted by molar-refractivity contribution is 0.863. The summed E-state index contributed by atoms with van der Waals surface area (Å²) in [5, 5.41) is 0. The van der Waals surface area contributed by atoms with Crippen molar-refractivity contribution in [2.24, 2.45) is 5.73 Å². The minimum absolute atomic E-state index is 0.0187. The number of benzene rings is 1. The maximum absolute atomic E-state index is 6.44. The van der Waals surface area contributed by atoms with Crippen LogP contribution in [-0.2, 0) is 12.8 Å². The molecule has 18 heavy (non-hydrogen) atoms. The molecule has 0 fully saturated rings. The van der Waals surface area contributed by atoms with Crippen molar-refractivity contribution < 1.29 is 0 Å². The van der Waals surface area contributed by atoms with E-state index in [9.17, 15) is 0 Å². The van der Waals surface area contributed by atoms with Gasteiger partial charge in [-0.15, -0.1) is 11.3 Å². The summed E-state index contributed by atoms with van der Waals surface area (Å²) in [6.07, 6.45) is 2.10. The van der Waals surface area contributed by atoms with Gasteiger partial charge in [-0.05, 0) is 48.6 Å². The fourth-order valence-corrected chi connectivity index (χ4v) is 3.15. The van der Waals surface area contributed by atoms with Crippen molar-refractivity contribution in [3.8, 4) is 0 Å². The maximum Gasteiger partial charge on any atom is 0.0648 e. The van der Waals surface area contributed by atoms with E-state index >= 15 is 0 Å². The highest BCUT2D eigenvalue weighted by Gasteiger charge is 2.14. The molecule has 0 saturated carbocycles. The maximum atomic E-state index is 6.44. The molecule has 1 atom stereocenters. The van der Waals surface area contributed by atoms with Crippen LogP contribution in [0, 0.1) is 6.92 Å². The molecular formula is C16H21NS. The Morgan fingerprint density at radius 3 is 2.44 bits per heavy atom. The molecule has 2 heteroatoms. The summed E-state index contributed by atoms with van der Waals surface area (Å²) < 4.78 is 0. The van der Waals surface area contributed by atoms with Gasteiger partial charge in [0.2, 0.25) is 0 Å². The topological polar surface area (TPSA) is 26.0 Å². The van der Waals surface area contributed by atoms with Gasteiger partial charge in [0.15, 0.2) is 0 Å². The zero-order valence-corrected chi connectivity index (χ0v) is 12.2. The van der Waals surface area contributed by atoms with Gasteiger partial charge in [-0.2, -0.15) is 0 Å². The second kappa shape index (κ2) is 5.68. The largest absolute Gasteiger partial charge is 0.320 e. The Balaban J connectivity index is 2.41. The third-order valence-corrected chi connectivity index (χ3v) is 4.49. The molecule has 2 rings (SSSR count). The quantitative estimate of drug-likeness (QED) is 0.873. The van der Waals surface area contributed by atoms with Crippen molar-refractivity contribution in [3.63, 3.8) is 0 Å². The van der Waals surface area contributed by atoms with Gasteiger partial charge in [0.1, 0.15) is 0 Å². The van der Waals surface area contributed by atoms with Crippen LogP contribution in [0.1, 0.15) is 46.3 Å². The second-order valence-corrected chi connectivity index (χ2v) is 5.99. The number of aryl methyl sites for hydroxylation is 3. The van der Waals surface area contributed by atoms with Crippen LogP contribution in [0.5, 0.6) is 0 Å². The minimum atomic E-state index is 0.0187. The molecule has 2 aromatic rings. The first kappa shape index (κ1) is 13.3. The third kappa shape index (κ3) is 2.65. The summed E-state index contributed by atoms with van der Waals surface area (Å²) >= 11 is 1.80. The molecular weight excluding hydrogens is 238 g/mol. The molecule has 0 aliphatic heterocycles. The predicted octanol–water partition coefficient (Wildman–Crippen LogP) is 4.23. The molecule has 0 saturated heterocycles. The van der Waals surface area contributed by atoms with Gasteiger partial charge in [0, 0.05) is 9.75 Å². The van der Waals surface area contributed by atoms with Crippen molar-refractivity contribution in [1.29, 1.82) is 0 Å². The molecule has 0 aliphatic rings. The van der Waals surface area contributed by atoms with Crippen LogP contribution in [0.4, 0.5) is 0 Å². The van der Waals surface area contributed by atoms with E-state index in [-0.39, 0.29) is 6.04 Å². The van der Waals surface area contributed by atoms with Gasteiger partial charge in [-0.1, -0.05) is 32.0 Å². The Hall–Kier alpha value is -1.12. The summed E-state index contributed by atoms with van der Waals surface area (Å²) in [5.74, 6) is 0. The molecule has 0 amide bonds. The molecule has 1 unspecified atom stereocenters. The Morgan fingerprint density at radius 2 is 1.89 bits per heavy atom. The second-order valence-electron chi connectivity index (χ2n) is 4.67. The lowest BCUT2D eigenvalue weighted by atomic mass is 9.95. The highest BCUT2D eigenvalue weighted by atomic mass is 32.1. The van der Waals surface area contributed by atoms with Crippen molar-refractivity contribution in [3.05, 3.63) is 56.8 Å². The SMILES string of the molecule is CCc1ccc(CC)c(C(N)c2ccc(C)s2)c1. The molecule has 2 N–H and O–H groups in total. The first-order valence-corrected chi connectivity index (χ1v) is 7.41. The summed E-state index contributed by atoms with van der Waals surface area (Å²) in [6, 6.07) is 11.0. The lowest BCUT2D eigenvalue weighted by Gasteiger charge is -2.16. The summed E-state index contributed by atoms with van der Waals surface area (Å²) in [4.78, 5) is 2.58. The van der Waals surface area contributed by atoms with Gasteiger partial charge < -0.3 is 5.73 Å². The summed E-state index contributed by atoms with van der Waals surface area (Å²) in [5.41, 5.74) is 10.5. The van der Waals surface area contributed by atoms with E-state index in [1.165, 1.54) is 26.4 Å². The molecule has 0 bridgehead atoms. The van der Waals surface area contributed by atoms with Crippen molar-refractivity contribution in [2.75, 3.05) is 0 Å². The van der Waals surface area contributed by atoms with E-state index in [1.807, 2.05) is 0 Å². The molecule has 1 heterocycles. The van der Waals surface area contributed by atoms with E-state index in [1.54, 1.807) is 11.3 Å². The highest BCUT2D eigenvalue weighted by Crippen LogP contribution is 2.29. The van der Waals surface area contributed by atoms with Crippen LogP contribution >= 0.6 is 11.3 Å². The Labute approximate surface area is 114 Å². The van der Waals surface area contributed by atoms with Crippen LogP contribution in [0.3, 0.4) is 0 Å². The summed E-state index contributed by atoms with van der Waals surface area (Å²) in [7, 11) is 0. The van der Waals surface area contributed by atoms with Gasteiger partial charge in [0.05, 0.1) is 6.04 Å². The van der Waals surface area contributed by atoms with Crippen LogP contribution in [0.15, 0.2) is 30.3 Å². The van der Waals surface area contributed by atoms with Gasteiger partial charge in [0.25, 0.3) is 0 Å². The van der Waals surface area contributed by atoms with Crippen molar-refractivity contribution >= 4 is 11.3 Å². The molecule has 0 spiro atoms. The number of nitrogens with two attached hydrogens (primary N) is 1. The predicted molar refractivity (Wildman–Crippen MR) is 80.3 cm³/mol. The molecule has 1 aromatic carbocycles. The average Bonchev–Trinajstić information content (AvgIpc) is 2.83. The molecule has 0 aliphatic carbocycles. The van der Waals surface area contributed by atoms with Crippen LogP contribution in [0.25, 0.3) is 0 Å². The van der Waals surface area contributed by atoms with Crippen molar-refractivity contribution in [2.45, 2.75) is 39.7 Å². The fourth-order valence-electron chi connectivity index (χ4n) is 2.25. The monoisotopic (exact) mass is 259 g/mol. The van der Waals surface area contributed by atoms with Crippen LogP contribution < -0.4 is 5.73 Å². The minimum Gasteiger partial charge on any atom is -0.320 e. The normalized spacial score (nSPS) is 12.7. The number of rotatable bonds is 4. The lowest BCUT2D eigenvalue weighted by Crippen LogP contribution is -2.13. The zero-order chi connectivity index (χ0) is 13.1.